The predicted molar refractivity (Wildman–Crippen MR) is 105 cm³/mol. The van der Waals surface area contributed by atoms with Crippen molar-refractivity contribution in [3.05, 3.63) is 88.2 Å². The lowest BCUT2D eigenvalue weighted by Gasteiger charge is -2.15. The Morgan fingerprint density at radius 3 is 2.54 bits per heavy atom. The molecule has 3 rings (SSSR count). The molecule has 7 heteroatoms. The van der Waals surface area contributed by atoms with Crippen molar-refractivity contribution in [2.75, 3.05) is 7.05 Å². The number of benzene rings is 2. The van der Waals surface area contributed by atoms with Crippen LogP contribution in [0.5, 0.6) is 0 Å². The molecule has 3 aromatic rings. The zero-order valence-electron chi connectivity index (χ0n) is 15.4. The summed E-state index contributed by atoms with van der Waals surface area (Å²) in [6.07, 6.45) is 2.94. The Labute approximate surface area is 166 Å². The van der Waals surface area contributed by atoms with Gasteiger partial charge in [0.15, 0.2) is 0 Å². The number of hydrogen-bond acceptors (Lipinski definition) is 2. The van der Waals surface area contributed by atoms with Gasteiger partial charge in [-0.25, -0.2) is 13.5 Å². The second-order valence-corrected chi connectivity index (χ2v) is 6.66. The average molecular weight is 402 g/mol. The van der Waals surface area contributed by atoms with Crippen molar-refractivity contribution in [3.8, 4) is 5.69 Å². The molecule has 0 atom stereocenters. The summed E-state index contributed by atoms with van der Waals surface area (Å²) in [6.45, 7) is 1.91. The van der Waals surface area contributed by atoms with Gasteiger partial charge in [-0.15, -0.1) is 0 Å². The molecule has 0 fully saturated rings. The highest BCUT2D eigenvalue weighted by molar-refractivity contribution is 6.31. The van der Waals surface area contributed by atoms with Gasteiger partial charge < -0.3 is 4.90 Å². The Morgan fingerprint density at radius 1 is 1.18 bits per heavy atom. The smallest absolute Gasteiger partial charge is 0.246 e. The molecule has 0 saturated heterocycles. The van der Waals surface area contributed by atoms with E-state index in [1.807, 2.05) is 0 Å². The van der Waals surface area contributed by atoms with Gasteiger partial charge in [0.05, 0.1) is 11.4 Å². The number of nitrogens with zero attached hydrogens (tertiary/aromatic N) is 3. The lowest BCUT2D eigenvalue weighted by atomic mass is 10.2. The number of aromatic nitrogens is 2. The SMILES string of the molecule is Cc1nn(-c2ccc(F)cc2)c(Cl)c1/C=C/C(=O)N(C)Cc1ccccc1F. The number of aryl methyl sites for hydroxylation is 1. The molecule has 1 heterocycles. The second kappa shape index (κ2) is 8.35. The molecule has 0 bridgehead atoms. The molecule has 144 valence electrons. The minimum absolute atomic E-state index is 0.150. The van der Waals surface area contributed by atoms with Crippen LogP contribution in [-0.2, 0) is 11.3 Å². The number of rotatable bonds is 5. The van der Waals surface area contributed by atoms with Crippen LogP contribution in [0.15, 0.2) is 54.6 Å². The van der Waals surface area contributed by atoms with Crippen molar-refractivity contribution in [1.82, 2.24) is 14.7 Å². The molecule has 0 aliphatic carbocycles. The van der Waals surface area contributed by atoms with Crippen molar-refractivity contribution < 1.29 is 13.6 Å². The molecule has 1 aromatic heterocycles. The highest BCUT2D eigenvalue weighted by Gasteiger charge is 2.14. The van der Waals surface area contributed by atoms with Crippen molar-refractivity contribution in [2.24, 2.45) is 0 Å². The first-order chi connectivity index (χ1) is 13.4. The van der Waals surface area contributed by atoms with Gasteiger partial charge in [-0.05, 0) is 43.3 Å². The van der Waals surface area contributed by atoms with Gasteiger partial charge in [0.1, 0.15) is 16.8 Å². The maximum atomic E-state index is 13.8. The molecule has 1 amide bonds. The molecule has 0 spiro atoms. The molecule has 0 unspecified atom stereocenters. The number of halogens is 3. The van der Waals surface area contributed by atoms with Gasteiger partial charge >= 0.3 is 0 Å². The summed E-state index contributed by atoms with van der Waals surface area (Å²) in [5, 5.41) is 4.66. The van der Waals surface area contributed by atoms with Gasteiger partial charge in [0.25, 0.3) is 0 Å². The van der Waals surface area contributed by atoms with Crippen LogP contribution in [0.2, 0.25) is 5.15 Å². The quantitative estimate of drug-likeness (QED) is 0.577. The number of likely N-dealkylation sites (N-methyl/N-ethyl adjacent to an activating group) is 1. The maximum absolute atomic E-state index is 13.8. The van der Waals surface area contributed by atoms with Gasteiger partial charge in [-0.1, -0.05) is 29.8 Å². The zero-order valence-corrected chi connectivity index (χ0v) is 16.1. The van der Waals surface area contributed by atoms with Crippen LogP contribution in [0.3, 0.4) is 0 Å². The van der Waals surface area contributed by atoms with Gasteiger partial charge in [-0.3, -0.25) is 4.79 Å². The van der Waals surface area contributed by atoms with Crippen LogP contribution < -0.4 is 0 Å². The van der Waals surface area contributed by atoms with Gasteiger partial charge in [0, 0.05) is 30.8 Å². The summed E-state index contributed by atoms with van der Waals surface area (Å²) >= 11 is 6.40. The maximum Gasteiger partial charge on any atom is 0.246 e. The fraction of sp³-hybridized carbons (Fsp3) is 0.143. The first-order valence-electron chi connectivity index (χ1n) is 8.54. The molecule has 0 aliphatic heterocycles. The fourth-order valence-electron chi connectivity index (χ4n) is 2.70. The van der Waals surface area contributed by atoms with Crippen molar-refractivity contribution >= 4 is 23.6 Å². The van der Waals surface area contributed by atoms with Gasteiger partial charge in [0.2, 0.25) is 5.91 Å². The number of carbonyl (C=O) groups is 1. The van der Waals surface area contributed by atoms with Crippen LogP contribution in [0.4, 0.5) is 8.78 Å². The van der Waals surface area contributed by atoms with Crippen molar-refractivity contribution in [2.45, 2.75) is 13.5 Å². The van der Waals surface area contributed by atoms with Crippen LogP contribution in [0, 0.1) is 18.6 Å². The first kappa shape index (κ1) is 19.8. The molecule has 0 N–H and O–H groups in total. The first-order valence-corrected chi connectivity index (χ1v) is 8.92. The van der Waals surface area contributed by atoms with Crippen LogP contribution in [0.25, 0.3) is 11.8 Å². The topological polar surface area (TPSA) is 38.1 Å². The normalized spacial score (nSPS) is 11.2. The van der Waals surface area contributed by atoms with Crippen molar-refractivity contribution in [3.63, 3.8) is 0 Å². The molecule has 0 radical (unpaired) electrons. The van der Waals surface area contributed by atoms with Crippen LogP contribution in [0.1, 0.15) is 16.8 Å². The molecule has 0 saturated carbocycles. The number of amides is 1. The summed E-state index contributed by atoms with van der Waals surface area (Å²) in [4.78, 5) is 13.8. The highest BCUT2D eigenvalue weighted by Crippen LogP contribution is 2.25. The Hall–Kier alpha value is -2.99. The van der Waals surface area contributed by atoms with E-state index in [0.717, 1.165) is 0 Å². The standard InChI is InChI=1S/C21H18ClF2N3O/c1-14-18(21(22)27(25-14)17-9-7-16(23)8-10-17)11-12-20(28)26(2)13-15-5-3-4-6-19(15)24/h3-12H,13H2,1-2H3/b12-11+. The summed E-state index contributed by atoms with van der Waals surface area (Å²) in [5.41, 5.74) is 2.25. The minimum Gasteiger partial charge on any atom is -0.338 e. The van der Waals surface area contributed by atoms with E-state index in [4.69, 9.17) is 11.6 Å². The Kier molecular flexibility index (Phi) is 5.90. The lowest BCUT2D eigenvalue weighted by Crippen LogP contribution is -2.24. The summed E-state index contributed by atoms with van der Waals surface area (Å²) in [7, 11) is 1.59. The number of carbonyl (C=O) groups excluding carboxylic acids is 1. The fourth-order valence-corrected chi connectivity index (χ4v) is 3.03. The summed E-state index contributed by atoms with van der Waals surface area (Å²) < 4.78 is 28.3. The Morgan fingerprint density at radius 2 is 1.86 bits per heavy atom. The molecule has 0 aliphatic rings. The summed E-state index contributed by atoms with van der Waals surface area (Å²) in [6, 6.07) is 12.1. The van der Waals surface area contributed by atoms with Crippen LogP contribution in [-0.4, -0.2) is 27.6 Å². The van der Waals surface area contributed by atoms with E-state index in [2.05, 4.69) is 5.10 Å². The second-order valence-electron chi connectivity index (χ2n) is 6.30. The van der Waals surface area contributed by atoms with Gasteiger partial charge in [-0.2, -0.15) is 5.10 Å². The van der Waals surface area contributed by atoms with E-state index < -0.39 is 0 Å². The van der Waals surface area contributed by atoms with E-state index in [-0.39, 0.29) is 24.1 Å². The Bertz CT molecular complexity index is 1030. The number of hydrogen-bond donors (Lipinski definition) is 0. The Balaban J connectivity index is 1.77. The van der Waals surface area contributed by atoms with E-state index in [0.29, 0.717) is 27.7 Å². The van der Waals surface area contributed by atoms with E-state index in [1.165, 1.54) is 33.9 Å². The highest BCUT2D eigenvalue weighted by atomic mass is 35.5. The third-order valence-electron chi connectivity index (χ3n) is 4.25. The summed E-state index contributed by atoms with van der Waals surface area (Å²) in [5.74, 6) is -1.01. The van der Waals surface area contributed by atoms with E-state index >= 15 is 0 Å². The lowest BCUT2D eigenvalue weighted by molar-refractivity contribution is -0.125. The monoisotopic (exact) mass is 401 g/mol. The van der Waals surface area contributed by atoms with Crippen molar-refractivity contribution in [1.29, 1.82) is 0 Å². The van der Waals surface area contributed by atoms with E-state index in [9.17, 15) is 13.6 Å². The zero-order chi connectivity index (χ0) is 20.3. The third kappa shape index (κ3) is 4.28. The molecule has 2 aromatic carbocycles. The predicted octanol–water partition coefficient (Wildman–Crippen LogP) is 4.78. The molecular formula is C21H18ClF2N3O. The minimum atomic E-state index is -0.356. The average Bonchev–Trinajstić information content (AvgIpc) is 2.96. The van der Waals surface area contributed by atoms with E-state index in [1.54, 1.807) is 50.4 Å². The molecule has 4 nitrogen and oxygen atoms in total. The molecule has 28 heavy (non-hydrogen) atoms. The third-order valence-corrected chi connectivity index (χ3v) is 4.62. The van der Waals surface area contributed by atoms with Crippen LogP contribution >= 0.6 is 11.6 Å². The molecular weight excluding hydrogens is 384 g/mol. The largest absolute Gasteiger partial charge is 0.338 e.